The number of benzene rings is 2. The number of amides is 2. The van der Waals surface area contributed by atoms with Crippen molar-refractivity contribution in [3.8, 4) is 17.2 Å². The van der Waals surface area contributed by atoms with Crippen LogP contribution in [0.15, 0.2) is 41.5 Å². The summed E-state index contributed by atoms with van der Waals surface area (Å²) in [6.07, 6.45) is 1.18. The maximum absolute atomic E-state index is 11.9. The first-order valence-corrected chi connectivity index (χ1v) is 7.68. The molecule has 3 N–H and O–H groups in total. The van der Waals surface area contributed by atoms with Gasteiger partial charge in [-0.15, -0.1) is 0 Å². The van der Waals surface area contributed by atoms with Gasteiger partial charge >= 0.3 is 11.8 Å². The molecule has 8 nitrogen and oxygen atoms in total. The minimum Gasteiger partial charge on any atom is -0.504 e. The van der Waals surface area contributed by atoms with Crippen LogP contribution in [0.3, 0.4) is 0 Å². The normalized spacial score (nSPS) is 10.4. The van der Waals surface area contributed by atoms with Gasteiger partial charge in [-0.1, -0.05) is 17.7 Å². The van der Waals surface area contributed by atoms with Gasteiger partial charge in [-0.2, -0.15) is 5.10 Å². The van der Waals surface area contributed by atoms with Crippen LogP contribution in [-0.2, 0) is 9.59 Å². The Morgan fingerprint density at radius 2 is 1.85 bits per heavy atom. The summed E-state index contributed by atoms with van der Waals surface area (Å²) in [6, 6.07) is 9.35. The Kier molecular flexibility index (Phi) is 6.40. The SMILES string of the molecule is COc1ccc(Cl)cc1NC(=O)C(=O)NN=Cc1cccc(OC)c1O. The number of rotatable bonds is 5. The van der Waals surface area contributed by atoms with Gasteiger partial charge in [0, 0.05) is 10.6 Å². The second-order valence-electron chi connectivity index (χ2n) is 4.90. The van der Waals surface area contributed by atoms with E-state index in [0.29, 0.717) is 16.3 Å². The molecule has 0 saturated carbocycles. The Labute approximate surface area is 154 Å². The molecule has 0 spiro atoms. The van der Waals surface area contributed by atoms with Crippen LogP contribution >= 0.6 is 11.6 Å². The van der Waals surface area contributed by atoms with E-state index in [4.69, 9.17) is 21.1 Å². The lowest BCUT2D eigenvalue weighted by Gasteiger charge is -2.09. The number of nitrogens with one attached hydrogen (secondary N) is 2. The average molecular weight is 378 g/mol. The van der Waals surface area contributed by atoms with Crippen molar-refractivity contribution in [1.82, 2.24) is 5.43 Å². The van der Waals surface area contributed by atoms with E-state index in [1.807, 2.05) is 0 Å². The van der Waals surface area contributed by atoms with Crippen LogP contribution in [0.2, 0.25) is 5.02 Å². The predicted molar refractivity (Wildman–Crippen MR) is 97.0 cm³/mol. The van der Waals surface area contributed by atoms with Gasteiger partial charge in [0.1, 0.15) is 5.75 Å². The number of carbonyl (C=O) groups excluding carboxylic acids is 2. The quantitative estimate of drug-likeness (QED) is 0.420. The Morgan fingerprint density at radius 1 is 1.12 bits per heavy atom. The maximum atomic E-state index is 11.9. The summed E-state index contributed by atoms with van der Waals surface area (Å²) in [6.45, 7) is 0. The number of anilines is 1. The van der Waals surface area contributed by atoms with E-state index in [2.05, 4.69) is 15.8 Å². The molecule has 0 unspecified atom stereocenters. The van der Waals surface area contributed by atoms with Gasteiger partial charge in [-0.05, 0) is 30.3 Å². The Morgan fingerprint density at radius 3 is 2.54 bits per heavy atom. The second kappa shape index (κ2) is 8.72. The minimum atomic E-state index is -1.01. The summed E-state index contributed by atoms with van der Waals surface area (Å²) in [5.74, 6) is -1.50. The molecule has 2 amide bonds. The lowest BCUT2D eigenvalue weighted by atomic mass is 10.2. The largest absolute Gasteiger partial charge is 0.504 e. The minimum absolute atomic E-state index is 0.138. The van der Waals surface area contributed by atoms with E-state index in [1.165, 1.54) is 26.5 Å². The molecule has 0 aliphatic rings. The van der Waals surface area contributed by atoms with Gasteiger partial charge in [0.2, 0.25) is 0 Å². The molecule has 0 atom stereocenters. The van der Waals surface area contributed by atoms with Gasteiger partial charge in [-0.25, -0.2) is 5.43 Å². The topological polar surface area (TPSA) is 109 Å². The van der Waals surface area contributed by atoms with Crippen molar-refractivity contribution in [3.05, 3.63) is 47.0 Å². The van der Waals surface area contributed by atoms with Crippen molar-refractivity contribution in [2.45, 2.75) is 0 Å². The molecular formula is C17H16ClN3O5. The summed E-state index contributed by atoms with van der Waals surface area (Å²) in [4.78, 5) is 23.8. The summed E-state index contributed by atoms with van der Waals surface area (Å²) in [5.41, 5.74) is 2.61. The van der Waals surface area contributed by atoms with Crippen LogP contribution in [0.1, 0.15) is 5.56 Å². The van der Waals surface area contributed by atoms with Gasteiger partial charge in [0.05, 0.1) is 26.1 Å². The predicted octanol–water partition coefficient (Wildman–Crippen LogP) is 2.15. The zero-order valence-electron chi connectivity index (χ0n) is 13.9. The molecule has 0 radical (unpaired) electrons. The first-order valence-electron chi connectivity index (χ1n) is 7.30. The Bertz CT molecular complexity index is 854. The van der Waals surface area contributed by atoms with Crippen molar-refractivity contribution >= 4 is 35.3 Å². The average Bonchev–Trinajstić information content (AvgIpc) is 2.63. The maximum Gasteiger partial charge on any atom is 0.329 e. The number of aromatic hydroxyl groups is 1. The third-order valence-electron chi connectivity index (χ3n) is 3.24. The first kappa shape index (κ1) is 19.1. The molecule has 0 aromatic heterocycles. The van der Waals surface area contributed by atoms with Crippen molar-refractivity contribution in [1.29, 1.82) is 0 Å². The number of para-hydroxylation sites is 1. The molecule has 2 rings (SSSR count). The second-order valence-corrected chi connectivity index (χ2v) is 5.33. The summed E-state index contributed by atoms with van der Waals surface area (Å²) in [5, 5.41) is 16.3. The molecule has 2 aromatic rings. The molecule has 26 heavy (non-hydrogen) atoms. The van der Waals surface area contributed by atoms with E-state index in [1.54, 1.807) is 30.3 Å². The summed E-state index contributed by atoms with van der Waals surface area (Å²) >= 11 is 5.86. The van der Waals surface area contributed by atoms with Crippen molar-refractivity contribution in [3.63, 3.8) is 0 Å². The molecule has 0 aliphatic heterocycles. The van der Waals surface area contributed by atoms with Crippen LogP contribution in [-0.4, -0.2) is 37.4 Å². The first-order chi connectivity index (χ1) is 12.5. The number of carbonyl (C=O) groups is 2. The van der Waals surface area contributed by atoms with E-state index < -0.39 is 11.8 Å². The highest BCUT2D eigenvalue weighted by Crippen LogP contribution is 2.28. The fourth-order valence-corrected chi connectivity index (χ4v) is 2.15. The Hall–Kier alpha value is -3.26. The van der Waals surface area contributed by atoms with Crippen LogP contribution in [0.5, 0.6) is 17.2 Å². The van der Waals surface area contributed by atoms with Crippen molar-refractivity contribution in [2.24, 2.45) is 5.10 Å². The molecule has 0 aliphatic carbocycles. The molecule has 0 bridgehead atoms. The number of phenols is 1. The fraction of sp³-hybridized carbons (Fsp3) is 0.118. The van der Waals surface area contributed by atoms with Crippen LogP contribution in [0.4, 0.5) is 5.69 Å². The fourth-order valence-electron chi connectivity index (χ4n) is 1.98. The van der Waals surface area contributed by atoms with Gasteiger partial charge in [0.15, 0.2) is 11.5 Å². The van der Waals surface area contributed by atoms with Crippen molar-refractivity contribution < 1.29 is 24.2 Å². The standard InChI is InChI=1S/C17H16ClN3O5/c1-25-13-7-6-11(18)8-12(13)20-16(23)17(24)21-19-9-10-4-3-5-14(26-2)15(10)22/h3-9,22H,1-2H3,(H,20,23)(H,21,24). The molecular weight excluding hydrogens is 362 g/mol. The number of methoxy groups -OCH3 is 2. The monoisotopic (exact) mass is 377 g/mol. The lowest BCUT2D eigenvalue weighted by Crippen LogP contribution is -2.32. The third-order valence-corrected chi connectivity index (χ3v) is 3.47. The van der Waals surface area contributed by atoms with Gasteiger partial charge in [-0.3, -0.25) is 9.59 Å². The van der Waals surface area contributed by atoms with E-state index in [9.17, 15) is 14.7 Å². The van der Waals surface area contributed by atoms with E-state index in [-0.39, 0.29) is 17.2 Å². The lowest BCUT2D eigenvalue weighted by molar-refractivity contribution is -0.136. The molecule has 0 fully saturated rings. The summed E-state index contributed by atoms with van der Waals surface area (Å²) in [7, 11) is 2.83. The highest BCUT2D eigenvalue weighted by molar-refractivity contribution is 6.40. The molecule has 0 heterocycles. The zero-order valence-corrected chi connectivity index (χ0v) is 14.7. The highest BCUT2D eigenvalue weighted by atomic mass is 35.5. The van der Waals surface area contributed by atoms with Crippen LogP contribution < -0.4 is 20.2 Å². The number of phenolic OH excluding ortho intramolecular Hbond substituents is 1. The van der Waals surface area contributed by atoms with Gasteiger partial charge < -0.3 is 19.9 Å². The van der Waals surface area contributed by atoms with Gasteiger partial charge in [0.25, 0.3) is 0 Å². The molecule has 9 heteroatoms. The zero-order chi connectivity index (χ0) is 19.1. The molecule has 0 saturated heterocycles. The summed E-state index contributed by atoms with van der Waals surface area (Å²) < 4.78 is 10.0. The van der Waals surface area contributed by atoms with Crippen LogP contribution in [0, 0.1) is 0 Å². The number of hydrazone groups is 1. The Balaban J connectivity index is 2.02. The third kappa shape index (κ3) is 4.64. The van der Waals surface area contributed by atoms with E-state index in [0.717, 1.165) is 0 Å². The number of hydrogen-bond acceptors (Lipinski definition) is 6. The number of nitrogens with zero attached hydrogens (tertiary/aromatic N) is 1. The number of hydrogen-bond donors (Lipinski definition) is 3. The smallest absolute Gasteiger partial charge is 0.329 e. The van der Waals surface area contributed by atoms with E-state index >= 15 is 0 Å². The van der Waals surface area contributed by atoms with Crippen molar-refractivity contribution in [2.75, 3.05) is 19.5 Å². The highest BCUT2D eigenvalue weighted by Gasteiger charge is 2.15. The molecule has 2 aromatic carbocycles. The molecule has 136 valence electrons. The number of halogens is 1. The van der Waals surface area contributed by atoms with Crippen LogP contribution in [0.25, 0.3) is 0 Å². The number of ether oxygens (including phenoxy) is 2.